The van der Waals surface area contributed by atoms with Crippen LogP contribution in [0, 0.1) is 49.5 Å². The summed E-state index contributed by atoms with van der Waals surface area (Å²) in [5.41, 5.74) is 13.4. The van der Waals surface area contributed by atoms with Crippen LogP contribution in [0.3, 0.4) is 0 Å². The molecule has 166 valence electrons. The van der Waals surface area contributed by atoms with E-state index in [4.69, 9.17) is 0 Å². The molecular formula is C31H38Hf. The molecule has 0 unspecified atom stereocenters. The van der Waals surface area contributed by atoms with Crippen LogP contribution in [0.15, 0.2) is 54.6 Å². The third-order valence-corrected chi connectivity index (χ3v) is 7.12. The summed E-state index contributed by atoms with van der Waals surface area (Å²) in [6.45, 7) is 11.0. The van der Waals surface area contributed by atoms with Crippen molar-refractivity contribution in [3.05, 3.63) is 120 Å². The van der Waals surface area contributed by atoms with E-state index in [2.05, 4.69) is 89.2 Å². The second-order valence-corrected chi connectivity index (χ2v) is 8.71. The van der Waals surface area contributed by atoms with Gasteiger partial charge in [-0.3, -0.25) is 0 Å². The van der Waals surface area contributed by atoms with E-state index in [0.29, 0.717) is 0 Å². The van der Waals surface area contributed by atoms with Gasteiger partial charge in [0.15, 0.2) is 0 Å². The van der Waals surface area contributed by atoms with Crippen LogP contribution in [0.2, 0.25) is 0 Å². The van der Waals surface area contributed by atoms with Crippen molar-refractivity contribution in [3.8, 4) is 0 Å². The van der Waals surface area contributed by atoms with Crippen LogP contribution in [0.1, 0.15) is 56.5 Å². The standard InChI is InChI=1S/C19H17.C10H15.2CH3.Hf/c1-2-5-14(6-3-1)11-17-9-10-18-12-15-7-4-8-16(15)13-19(17)18;1-6-7(2)9(4)10(5)8(6)3;;;/h1-3,5-6,9-10,12-13H,4,7-8,11H2;1-5H3;2*1H3;/q4*-1;+4. The molecule has 0 heterocycles. The molecule has 0 nitrogen and oxygen atoms in total. The van der Waals surface area contributed by atoms with E-state index in [1.807, 2.05) is 0 Å². The summed E-state index contributed by atoms with van der Waals surface area (Å²) in [5.74, 6) is 0. The Morgan fingerprint density at radius 3 is 1.88 bits per heavy atom. The first-order valence-corrected chi connectivity index (χ1v) is 10.9. The Balaban J connectivity index is 0.000000343. The van der Waals surface area contributed by atoms with Crippen LogP contribution in [-0.4, -0.2) is 0 Å². The van der Waals surface area contributed by atoms with Gasteiger partial charge in [0, 0.05) is 0 Å². The SMILES string of the molecule is Cc1c(C)c(C)[c-](C)c1C.[CH3-].[CH3-].[Hf+4].c1ccc(C[c-]2ccc3cc4c(cc32)CCC4)cc1. The predicted molar refractivity (Wildman–Crippen MR) is 139 cm³/mol. The van der Waals surface area contributed by atoms with E-state index in [1.54, 1.807) is 11.1 Å². The summed E-state index contributed by atoms with van der Waals surface area (Å²) < 4.78 is 0. The second kappa shape index (κ2) is 11.9. The number of aryl methyl sites for hydroxylation is 2. The summed E-state index contributed by atoms with van der Waals surface area (Å²) in [7, 11) is 0. The molecule has 5 rings (SSSR count). The van der Waals surface area contributed by atoms with E-state index < -0.39 is 0 Å². The number of fused-ring (bicyclic) bond motifs is 2. The molecule has 0 saturated heterocycles. The van der Waals surface area contributed by atoms with Crippen molar-refractivity contribution in [2.24, 2.45) is 0 Å². The zero-order valence-corrected chi connectivity index (χ0v) is 24.6. The average Bonchev–Trinajstić information content (AvgIpc) is 3.40. The van der Waals surface area contributed by atoms with Crippen molar-refractivity contribution in [2.75, 3.05) is 0 Å². The Hall–Kier alpha value is -1.73. The molecule has 4 aromatic rings. The Labute approximate surface area is 215 Å². The summed E-state index contributed by atoms with van der Waals surface area (Å²) in [5, 5.41) is 2.89. The largest absolute Gasteiger partial charge is 4.00 e. The van der Waals surface area contributed by atoms with Gasteiger partial charge in [0.25, 0.3) is 0 Å². The molecule has 0 spiro atoms. The van der Waals surface area contributed by atoms with Gasteiger partial charge in [0.2, 0.25) is 0 Å². The maximum Gasteiger partial charge on any atom is 4.00 e. The van der Waals surface area contributed by atoms with Gasteiger partial charge in [0.1, 0.15) is 0 Å². The minimum atomic E-state index is 0. The molecule has 0 atom stereocenters. The molecule has 4 aromatic carbocycles. The molecule has 0 N–H and O–H groups in total. The van der Waals surface area contributed by atoms with Crippen molar-refractivity contribution < 1.29 is 25.8 Å². The second-order valence-electron chi connectivity index (χ2n) is 8.71. The van der Waals surface area contributed by atoms with Gasteiger partial charge in [-0.2, -0.15) is 33.9 Å². The van der Waals surface area contributed by atoms with Crippen molar-refractivity contribution in [2.45, 2.75) is 60.3 Å². The Bertz CT molecular complexity index is 1060. The average molecular weight is 589 g/mol. The maximum absolute atomic E-state index is 2.44. The van der Waals surface area contributed by atoms with Crippen LogP contribution in [0.25, 0.3) is 10.8 Å². The zero-order chi connectivity index (χ0) is 20.5. The van der Waals surface area contributed by atoms with Crippen molar-refractivity contribution in [3.63, 3.8) is 0 Å². The summed E-state index contributed by atoms with van der Waals surface area (Å²) in [6, 6.07) is 20.2. The van der Waals surface area contributed by atoms with Crippen molar-refractivity contribution in [1.82, 2.24) is 0 Å². The molecule has 0 aliphatic heterocycles. The smallest absolute Gasteiger partial charge is 0.358 e. The van der Waals surface area contributed by atoms with E-state index >= 15 is 0 Å². The molecule has 0 radical (unpaired) electrons. The van der Waals surface area contributed by atoms with Gasteiger partial charge in [-0.15, -0.1) is 34.5 Å². The van der Waals surface area contributed by atoms with Gasteiger partial charge in [-0.25, -0.2) is 0 Å². The normalized spacial score (nSPS) is 11.5. The summed E-state index contributed by atoms with van der Waals surface area (Å²) >= 11 is 0. The third-order valence-electron chi connectivity index (χ3n) is 7.12. The Kier molecular flexibility index (Phi) is 10.6. The third kappa shape index (κ3) is 5.60. The quantitative estimate of drug-likeness (QED) is 0.163. The number of rotatable bonds is 2. The summed E-state index contributed by atoms with van der Waals surface area (Å²) in [6.07, 6.45) is 4.91. The van der Waals surface area contributed by atoms with Gasteiger partial charge in [-0.1, -0.05) is 81.6 Å². The monoisotopic (exact) mass is 590 g/mol. The van der Waals surface area contributed by atoms with E-state index in [9.17, 15) is 0 Å². The fourth-order valence-corrected chi connectivity index (χ4v) is 4.72. The van der Waals surface area contributed by atoms with Gasteiger partial charge in [-0.05, 0) is 25.7 Å². The molecule has 0 saturated carbocycles. The fourth-order valence-electron chi connectivity index (χ4n) is 4.72. The maximum atomic E-state index is 2.44. The minimum absolute atomic E-state index is 0. The first kappa shape index (κ1) is 28.3. The van der Waals surface area contributed by atoms with Gasteiger partial charge in [0.05, 0.1) is 0 Å². The number of hydrogen-bond donors (Lipinski definition) is 0. The molecule has 1 aliphatic rings. The summed E-state index contributed by atoms with van der Waals surface area (Å²) in [4.78, 5) is 0. The number of benzene rings is 2. The first-order chi connectivity index (χ1) is 14.0. The molecular weight excluding hydrogens is 551 g/mol. The predicted octanol–water partition coefficient (Wildman–Crippen LogP) is 8.48. The van der Waals surface area contributed by atoms with Gasteiger partial charge < -0.3 is 14.9 Å². The zero-order valence-electron chi connectivity index (χ0n) is 21.0. The fraction of sp³-hybridized carbons (Fsp3) is 0.290. The molecule has 0 amide bonds. The molecule has 0 aromatic heterocycles. The van der Waals surface area contributed by atoms with Crippen LogP contribution >= 0.6 is 0 Å². The van der Waals surface area contributed by atoms with E-state index in [1.165, 1.54) is 69.0 Å². The Morgan fingerprint density at radius 1 is 0.781 bits per heavy atom. The first-order valence-electron chi connectivity index (χ1n) is 10.9. The number of hydrogen-bond acceptors (Lipinski definition) is 0. The molecule has 0 bridgehead atoms. The van der Waals surface area contributed by atoms with Crippen LogP contribution < -0.4 is 0 Å². The topological polar surface area (TPSA) is 0 Å². The molecule has 0 fully saturated rings. The van der Waals surface area contributed by atoms with E-state index in [-0.39, 0.29) is 40.7 Å². The minimum Gasteiger partial charge on any atom is -0.358 e. The van der Waals surface area contributed by atoms with Crippen LogP contribution in [0.4, 0.5) is 0 Å². The molecule has 1 aliphatic carbocycles. The van der Waals surface area contributed by atoms with Crippen molar-refractivity contribution >= 4 is 10.8 Å². The molecule has 1 heteroatoms. The van der Waals surface area contributed by atoms with Crippen LogP contribution in [0.5, 0.6) is 0 Å². The van der Waals surface area contributed by atoms with Gasteiger partial charge >= 0.3 is 25.8 Å². The molecule has 32 heavy (non-hydrogen) atoms. The van der Waals surface area contributed by atoms with E-state index in [0.717, 1.165) is 6.42 Å². The van der Waals surface area contributed by atoms with Crippen LogP contribution in [-0.2, 0) is 45.1 Å². The Morgan fingerprint density at radius 2 is 1.34 bits per heavy atom. The van der Waals surface area contributed by atoms with Crippen molar-refractivity contribution in [1.29, 1.82) is 0 Å².